The van der Waals surface area contributed by atoms with Gasteiger partial charge in [0, 0.05) is 31.4 Å². The molecule has 0 spiro atoms. The van der Waals surface area contributed by atoms with Gasteiger partial charge >= 0.3 is 0 Å². The van der Waals surface area contributed by atoms with Crippen molar-refractivity contribution < 1.29 is 4.79 Å². The van der Waals surface area contributed by atoms with Crippen LogP contribution in [0.3, 0.4) is 0 Å². The molecule has 2 rings (SSSR count). The van der Waals surface area contributed by atoms with Gasteiger partial charge in [0.25, 0.3) is 0 Å². The molecule has 0 unspecified atom stereocenters. The molecule has 1 heterocycles. The quantitative estimate of drug-likeness (QED) is 0.751. The van der Waals surface area contributed by atoms with Crippen molar-refractivity contribution in [1.82, 2.24) is 15.3 Å². The molecule has 1 amide bonds. The highest BCUT2D eigenvalue weighted by Gasteiger charge is 2.21. The molecular weight excluding hydrogens is 216 g/mol. The summed E-state index contributed by atoms with van der Waals surface area (Å²) in [4.78, 5) is 19.7. The maximum atomic E-state index is 11.7. The third-order valence-corrected chi connectivity index (χ3v) is 3.02. The highest BCUT2D eigenvalue weighted by Crippen LogP contribution is 2.24. The molecule has 0 aliphatic heterocycles. The second-order valence-corrected chi connectivity index (χ2v) is 4.29. The number of carbonyl (C=O) groups is 1. The molecule has 1 aliphatic carbocycles. The molecule has 0 radical (unpaired) electrons. The number of carbonyl (C=O) groups excluding carboxylic acids is 1. The Morgan fingerprint density at radius 1 is 1.29 bits per heavy atom. The second kappa shape index (κ2) is 6.18. The summed E-state index contributed by atoms with van der Waals surface area (Å²) in [5.41, 5.74) is 0. The number of hydrogen-bond donors (Lipinski definition) is 2. The van der Waals surface area contributed by atoms with Gasteiger partial charge in [0.15, 0.2) is 0 Å². The van der Waals surface area contributed by atoms with Gasteiger partial charge in [-0.15, -0.1) is 0 Å². The van der Waals surface area contributed by atoms with Crippen LogP contribution < -0.4 is 10.6 Å². The molecule has 0 saturated heterocycles. The lowest BCUT2D eigenvalue weighted by atomic mass is 10.1. The maximum Gasteiger partial charge on any atom is 0.223 e. The minimum absolute atomic E-state index is 0.198. The molecule has 0 bridgehead atoms. The van der Waals surface area contributed by atoms with Gasteiger partial charge in [-0.05, 0) is 12.8 Å². The summed E-state index contributed by atoms with van der Waals surface area (Å²) in [6.07, 6.45) is 9.41. The molecular formula is C12H18N4O. The topological polar surface area (TPSA) is 66.9 Å². The molecule has 5 heteroatoms. The van der Waals surface area contributed by atoms with Crippen LogP contribution in [-0.4, -0.2) is 29.0 Å². The first-order valence-corrected chi connectivity index (χ1v) is 6.14. The minimum Gasteiger partial charge on any atom is -0.367 e. The van der Waals surface area contributed by atoms with Crippen LogP contribution in [-0.2, 0) is 4.79 Å². The van der Waals surface area contributed by atoms with Crippen molar-refractivity contribution in [2.45, 2.75) is 25.7 Å². The van der Waals surface area contributed by atoms with Crippen LogP contribution in [0.25, 0.3) is 0 Å². The number of rotatable bonds is 5. The molecule has 1 aliphatic rings. The monoisotopic (exact) mass is 234 g/mol. The van der Waals surface area contributed by atoms with Gasteiger partial charge in [-0.25, -0.2) is 4.98 Å². The predicted molar refractivity (Wildman–Crippen MR) is 65.5 cm³/mol. The van der Waals surface area contributed by atoms with Crippen molar-refractivity contribution in [3.05, 3.63) is 18.6 Å². The van der Waals surface area contributed by atoms with Gasteiger partial charge in [0.1, 0.15) is 5.82 Å². The molecule has 1 fully saturated rings. The van der Waals surface area contributed by atoms with E-state index >= 15 is 0 Å². The fourth-order valence-electron chi connectivity index (χ4n) is 2.10. The SMILES string of the molecule is O=C(NCCNc1cnccn1)C1CCCC1. The van der Waals surface area contributed by atoms with E-state index in [4.69, 9.17) is 0 Å². The largest absolute Gasteiger partial charge is 0.367 e. The fraction of sp³-hybridized carbons (Fsp3) is 0.583. The van der Waals surface area contributed by atoms with Gasteiger partial charge in [-0.1, -0.05) is 12.8 Å². The van der Waals surface area contributed by atoms with E-state index in [9.17, 15) is 4.79 Å². The van der Waals surface area contributed by atoms with E-state index in [-0.39, 0.29) is 11.8 Å². The van der Waals surface area contributed by atoms with Gasteiger partial charge < -0.3 is 10.6 Å². The lowest BCUT2D eigenvalue weighted by Crippen LogP contribution is -2.33. The molecule has 1 aromatic heterocycles. The molecule has 2 N–H and O–H groups in total. The number of amides is 1. The highest BCUT2D eigenvalue weighted by molar-refractivity contribution is 5.78. The van der Waals surface area contributed by atoms with E-state index in [2.05, 4.69) is 20.6 Å². The summed E-state index contributed by atoms with van der Waals surface area (Å²) in [6, 6.07) is 0. The average molecular weight is 234 g/mol. The molecule has 17 heavy (non-hydrogen) atoms. The van der Waals surface area contributed by atoms with Crippen molar-refractivity contribution in [2.75, 3.05) is 18.4 Å². The molecule has 1 saturated carbocycles. The van der Waals surface area contributed by atoms with E-state index in [0.29, 0.717) is 13.1 Å². The van der Waals surface area contributed by atoms with E-state index in [0.717, 1.165) is 18.7 Å². The number of aromatic nitrogens is 2. The number of anilines is 1. The fourth-order valence-corrected chi connectivity index (χ4v) is 2.10. The normalized spacial score (nSPS) is 15.8. The zero-order valence-electron chi connectivity index (χ0n) is 9.85. The van der Waals surface area contributed by atoms with Crippen molar-refractivity contribution >= 4 is 11.7 Å². The zero-order chi connectivity index (χ0) is 11.9. The second-order valence-electron chi connectivity index (χ2n) is 4.29. The van der Waals surface area contributed by atoms with Crippen molar-refractivity contribution in [3.63, 3.8) is 0 Å². The predicted octanol–water partition coefficient (Wildman–Crippen LogP) is 1.19. The van der Waals surface area contributed by atoms with Crippen LogP contribution in [0, 0.1) is 5.92 Å². The smallest absolute Gasteiger partial charge is 0.223 e. The zero-order valence-corrected chi connectivity index (χ0v) is 9.85. The van der Waals surface area contributed by atoms with E-state index < -0.39 is 0 Å². The van der Waals surface area contributed by atoms with Crippen LogP contribution in [0.1, 0.15) is 25.7 Å². The van der Waals surface area contributed by atoms with Gasteiger partial charge in [-0.2, -0.15) is 0 Å². The number of nitrogens with zero attached hydrogens (tertiary/aromatic N) is 2. The number of nitrogens with one attached hydrogen (secondary N) is 2. The number of hydrogen-bond acceptors (Lipinski definition) is 4. The van der Waals surface area contributed by atoms with Crippen LogP contribution in [0.15, 0.2) is 18.6 Å². The lowest BCUT2D eigenvalue weighted by molar-refractivity contribution is -0.124. The van der Waals surface area contributed by atoms with E-state index in [1.165, 1.54) is 12.8 Å². The van der Waals surface area contributed by atoms with Crippen LogP contribution in [0.2, 0.25) is 0 Å². The third-order valence-electron chi connectivity index (χ3n) is 3.02. The van der Waals surface area contributed by atoms with Crippen molar-refractivity contribution in [2.24, 2.45) is 5.92 Å². The summed E-state index contributed by atoms with van der Waals surface area (Å²) in [5, 5.41) is 6.05. The van der Waals surface area contributed by atoms with Crippen molar-refractivity contribution in [3.8, 4) is 0 Å². The molecule has 0 aromatic carbocycles. The Morgan fingerprint density at radius 2 is 2.12 bits per heavy atom. The standard InChI is InChI=1S/C12H18N4O/c17-12(10-3-1-2-4-10)16-8-7-15-11-9-13-5-6-14-11/h5-6,9-10H,1-4,7-8H2,(H,14,15)(H,16,17). The minimum atomic E-state index is 0.198. The Morgan fingerprint density at radius 3 is 2.82 bits per heavy atom. The lowest BCUT2D eigenvalue weighted by Gasteiger charge is -2.10. The Hall–Kier alpha value is -1.65. The molecule has 92 valence electrons. The molecule has 1 aromatic rings. The summed E-state index contributed by atoms with van der Waals surface area (Å²) in [7, 11) is 0. The third kappa shape index (κ3) is 3.69. The van der Waals surface area contributed by atoms with Crippen LogP contribution in [0.4, 0.5) is 5.82 Å². The summed E-state index contributed by atoms with van der Waals surface area (Å²) in [6.45, 7) is 1.31. The first-order chi connectivity index (χ1) is 8.36. The van der Waals surface area contributed by atoms with Gasteiger partial charge in [-0.3, -0.25) is 9.78 Å². The Kier molecular flexibility index (Phi) is 4.30. The maximum absolute atomic E-state index is 11.7. The van der Waals surface area contributed by atoms with E-state index in [1.807, 2.05) is 0 Å². The van der Waals surface area contributed by atoms with Crippen molar-refractivity contribution in [1.29, 1.82) is 0 Å². The van der Waals surface area contributed by atoms with E-state index in [1.54, 1.807) is 18.6 Å². The highest BCUT2D eigenvalue weighted by atomic mass is 16.1. The Labute approximate surface area is 101 Å². The summed E-state index contributed by atoms with van der Waals surface area (Å²) >= 11 is 0. The molecule has 5 nitrogen and oxygen atoms in total. The van der Waals surface area contributed by atoms with Gasteiger partial charge in [0.05, 0.1) is 6.20 Å². The van der Waals surface area contributed by atoms with Crippen LogP contribution in [0.5, 0.6) is 0 Å². The first-order valence-electron chi connectivity index (χ1n) is 6.14. The Balaban J connectivity index is 1.61. The van der Waals surface area contributed by atoms with Gasteiger partial charge in [0.2, 0.25) is 5.91 Å². The summed E-state index contributed by atoms with van der Waals surface area (Å²) < 4.78 is 0. The average Bonchev–Trinajstić information content (AvgIpc) is 2.89. The summed E-state index contributed by atoms with van der Waals surface area (Å²) in [5.74, 6) is 1.18. The first kappa shape index (κ1) is 11.8. The Bertz CT molecular complexity index is 349. The molecule has 0 atom stereocenters. The van der Waals surface area contributed by atoms with Crippen LogP contribution >= 0.6 is 0 Å².